The average molecular weight is 284 g/mol. The molecule has 0 aliphatic rings. The topological polar surface area (TPSA) is 37.4 Å². The molecule has 2 aromatic carbocycles. The molecule has 3 nitrogen and oxygen atoms in total. The summed E-state index contributed by atoms with van der Waals surface area (Å²) in [6.45, 7) is 0.333. The molecule has 0 N–H and O–H groups in total. The molecule has 5 heteroatoms. The number of nitrogens with zero attached hydrogens (tertiary/aromatic N) is 1. The van der Waals surface area contributed by atoms with E-state index in [-0.39, 0.29) is 0 Å². The van der Waals surface area contributed by atoms with Gasteiger partial charge >= 0.3 is 0 Å². The molecule has 18 heavy (non-hydrogen) atoms. The minimum atomic E-state index is -3.35. The van der Waals surface area contributed by atoms with Crippen molar-refractivity contribution in [3.8, 4) is 0 Å². The van der Waals surface area contributed by atoms with Crippen LogP contribution in [0.3, 0.4) is 0 Å². The Morgan fingerprint density at radius 3 is 2.44 bits per heavy atom. The quantitative estimate of drug-likeness (QED) is 0.809. The fourth-order valence-corrected chi connectivity index (χ4v) is 2.79. The predicted molar refractivity (Wildman–Crippen MR) is 75.1 cm³/mol. The number of sulfonamides is 1. The summed E-state index contributed by atoms with van der Waals surface area (Å²) in [4.78, 5) is 0. The van der Waals surface area contributed by atoms with Crippen LogP contribution in [0.1, 0.15) is 5.56 Å². The highest BCUT2D eigenvalue weighted by Gasteiger charge is 2.16. The molecule has 0 fully saturated rings. The lowest BCUT2D eigenvalue weighted by atomic mass is 10.1. The van der Waals surface area contributed by atoms with Gasteiger partial charge in [-0.2, -0.15) is 4.31 Å². The van der Waals surface area contributed by atoms with E-state index in [1.54, 1.807) is 0 Å². The largest absolute Gasteiger partial charge is 0.228 e. The van der Waals surface area contributed by atoms with Gasteiger partial charge in [0.25, 0.3) is 0 Å². The minimum absolute atomic E-state index is 0.333. The van der Waals surface area contributed by atoms with Crippen molar-refractivity contribution in [1.82, 2.24) is 4.31 Å². The van der Waals surface area contributed by atoms with E-state index in [2.05, 4.69) is 0 Å². The van der Waals surface area contributed by atoms with Gasteiger partial charge in [0.1, 0.15) is 5.21 Å². The standard InChI is InChI=1S/C13H14ClNO2S/c1-15(18(16,17)10-14)9-11-6-7-12-4-2-3-5-13(12)8-11/h2-8H,9-10H2,1H3. The monoisotopic (exact) mass is 283 g/mol. The van der Waals surface area contributed by atoms with Gasteiger partial charge in [0.2, 0.25) is 10.0 Å². The molecule has 0 heterocycles. The van der Waals surface area contributed by atoms with Crippen LogP contribution in [0.2, 0.25) is 0 Å². The van der Waals surface area contributed by atoms with Gasteiger partial charge in [-0.3, -0.25) is 0 Å². The van der Waals surface area contributed by atoms with E-state index in [1.807, 2.05) is 42.5 Å². The summed E-state index contributed by atoms with van der Waals surface area (Å²) in [6, 6.07) is 13.9. The fraction of sp³-hybridized carbons (Fsp3) is 0.231. The maximum atomic E-state index is 11.6. The molecule has 0 aromatic heterocycles. The number of halogens is 1. The Morgan fingerprint density at radius 1 is 1.11 bits per heavy atom. The number of rotatable bonds is 4. The van der Waals surface area contributed by atoms with Gasteiger partial charge < -0.3 is 0 Å². The van der Waals surface area contributed by atoms with Crippen LogP contribution in [0.5, 0.6) is 0 Å². The van der Waals surface area contributed by atoms with Crippen molar-refractivity contribution in [3.63, 3.8) is 0 Å². The van der Waals surface area contributed by atoms with Crippen LogP contribution in [-0.2, 0) is 16.6 Å². The summed E-state index contributed by atoms with van der Waals surface area (Å²) >= 11 is 5.42. The second-order valence-electron chi connectivity index (χ2n) is 4.16. The molecule has 0 saturated heterocycles. The normalized spacial score (nSPS) is 12.2. The molecule has 0 aliphatic heterocycles. The van der Waals surface area contributed by atoms with E-state index in [4.69, 9.17) is 11.6 Å². The van der Waals surface area contributed by atoms with Crippen molar-refractivity contribution in [2.24, 2.45) is 0 Å². The van der Waals surface area contributed by atoms with Gasteiger partial charge in [-0.05, 0) is 22.4 Å². The molecule has 0 radical (unpaired) electrons. The van der Waals surface area contributed by atoms with Gasteiger partial charge in [0, 0.05) is 13.6 Å². The zero-order valence-electron chi connectivity index (χ0n) is 10.0. The second kappa shape index (κ2) is 5.26. The van der Waals surface area contributed by atoms with Crippen LogP contribution in [0.4, 0.5) is 0 Å². The molecule has 0 bridgehead atoms. The lowest BCUT2D eigenvalue weighted by Gasteiger charge is -2.15. The SMILES string of the molecule is CN(Cc1ccc2ccccc2c1)S(=O)(=O)CCl. The van der Waals surface area contributed by atoms with Crippen LogP contribution in [-0.4, -0.2) is 25.0 Å². The smallest absolute Gasteiger partial charge is 0.211 e. The molecule has 0 unspecified atom stereocenters. The first-order chi connectivity index (χ1) is 8.53. The Hall–Kier alpha value is -1.10. The van der Waals surface area contributed by atoms with Gasteiger partial charge in [-0.1, -0.05) is 36.4 Å². The molecular formula is C13H14ClNO2S. The van der Waals surface area contributed by atoms with Crippen LogP contribution < -0.4 is 0 Å². The van der Waals surface area contributed by atoms with Crippen LogP contribution >= 0.6 is 11.6 Å². The summed E-state index contributed by atoms with van der Waals surface area (Å²) in [6.07, 6.45) is 0. The van der Waals surface area contributed by atoms with Gasteiger partial charge in [0.15, 0.2) is 0 Å². The third-order valence-electron chi connectivity index (χ3n) is 2.83. The Bertz CT molecular complexity index is 655. The van der Waals surface area contributed by atoms with Crippen LogP contribution in [0.15, 0.2) is 42.5 Å². The maximum Gasteiger partial charge on any atom is 0.228 e. The zero-order chi connectivity index (χ0) is 13.2. The van der Waals surface area contributed by atoms with E-state index in [0.717, 1.165) is 16.3 Å². The highest BCUT2D eigenvalue weighted by atomic mass is 35.5. The summed E-state index contributed by atoms with van der Waals surface area (Å²) in [5, 5.41) is 1.85. The Balaban J connectivity index is 2.27. The first kappa shape index (κ1) is 13.3. The first-order valence-electron chi connectivity index (χ1n) is 5.50. The maximum absolute atomic E-state index is 11.6. The van der Waals surface area contributed by atoms with Crippen molar-refractivity contribution in [1.29, 1.82) is 0 Å². The molecule has 0 spiro atoms. The Kier molecular flexibility index (Phi) is 3.90. The molecule has 0 aliphatic carbocycles. The molecule has 2 aromatic rings. The number of alkyl halides is 1. The molecule has 96 valence electrons. The zero-order valence-corrected chi connectivity index (χ0v) is 11.6. The van der Waals surface area contributed by atoms with E-state index in [0.29, 0.717) is 6.54 Å². The van der Waals surface area contributed by atoms with E-state index < -0.39 is 15.2 Å². The molecule has 0 amide bonds. The van der Waals surface area contributed by atoms with Crippen LogP contribution in [0, 0.1) is 0 Å². The van der Waals surface area contributed by atoms with Gasteiger partial charge in [-0.25, -0.2) is 8.42 Å². The highest BCUT2D eigenvalue weighted by molar-refractivity contribution is 7.90. The van der Waals surface area contributed by atoms with E-state index >= 15 is 0 Å². The first-order valence-corrected chi connectivity index (χ1v) is 7.65. The second-order valence-corrected chi connectivity index (χ2v) is 6.82. The van der Waals surface area contributed by atoms with Crippen molar-refractivity contribution in [3.05, 3.63) is 48.0 Å². The highest BCUT2D eigenvalue weighted by Crippen LogP contribution is 2.17. The third kappa shape index (κ3) is 2.83. The molecule has 2 rings (SSSR count). The number of benzene rings is 2. The number of hydrogen-bond acceptors (Lipinski definition) is 2. The van der Waals surface area contributed by atoms with E-state index in [1.165, 1.54) is 11.4 Å². The Morgan fingerprint density at radius 2 is 1.78 bits per heavy atom. The van der Waals surface area contributed by atoms with Crippen molar-refractivity contribution < 1.29 is 8.42 Å². The lowest BCUT2D eigenvalue weighted by Crippen LogP contribution is -2.27. The molecular weight excluding hydrogens is 270 g/mol. The number of fused-ring (bicyclic) bond motifs is 1. The van der Waals surface area contributed by atoms with Crippen molar-refractivity contribution >= 4 is 32.4 Å². The van der Waals surface area contributed by atoms with Gasteiger partial charge in [-0.15, -0.1) is 11.6 Å². The minimum Gasteiger partial charge on any atom is -0.211 e. The summed E-state index contributed by atoms with van der Waals surface area (Å²) in [5.41, 5.74) is 0.949. The third-order valence-corrected chi connectivity index (χ3v) is 5.01. The molecule has 0 atom stereocenters. The van der Waals surface area contributed by atoms with Gasteiger partial charge in [0.05, 0.1) is 0 Å². The predicted octanol–water partition coefficient (Wildman–Crippen LogP) is 2.80. The fourth-order valence-electron chi connectivity index (χ4n) is 1.78. The lowest BCUT2D eigenvalue weighted by molar-refractivity contribution is 0.471. The van der Waals surface area contributed by atoms with E-state index in [9.17, 15) is 8.42 Å². The average Bonchev–Trinajstić information content (AvgIpc) is 2.38. The molecule has 0 saturated carbocycles. The van der Waals surface area contributed by atoms with Crippen molar-refractivity contribution in [2.45, 2.75) is 6.54 Å². The van der Waals surface area contributed by atoms with Crippen molar-refractivity contribution in [2.75, 3.05) is 12.3 Å². The summed E-state index contributed by atoms with van der Waals surface area (Å²) < 4.78 is 24.4. The van der Waals surface area contributed by atoms with Crippen LogP contribution in [0.25, 0.3) is 10.8 Å². The number of hydrogen-bond donors (Lipinski definition) is 0. The Labute approximate surface area is 112 Å². The summed E-state index contributed by atoms with van der Waals surface area (Å²) in [5.74, 6) is 0. The summed E-state index contributed by atoms with van der Waals surface area (Å²) in [7, 11) is -1.82.